The third-order valence-corrected chi connectivity index (χ3v) is 1.94. The van der Waals surface area contributed by atoms with Gasteiger partial charge in [0, 0.05) is 0 Å². The van der Waals surface area contributed by atoms with Crippen molar-refractivity contribution >= 4 is 23.5 Å². The van der Waals surface area contributed by atoms with Crippen molar-refractivity contribution in [1.82, 2.24) is 17.5 Å². The fourth-order valence-corrected chi connectivity index (χ4v) is 1.40. The first-order valence-corrected chi connectivity index (χ1v) is 3.98. The van der Waals surface area contributed by atoms with Crippen LogP contribution >= 0.6 is 23.5 Å². The first kappa shape index (κ1) is 5.87. The Kier molecular flexibility index (Phi) is 1.40. The average molecular weight is 170 g/mol. The zero-order valence-corrected chi connectivity index (χ0v) is 6.39. The molecule has 0 saturated carbocycles. The van der Waals surface area contributed by atoms with Gasteiger partial charge in [0.1, 0.15) is 11.4 Å². The van der Waals surface area contributed by atoms with Gasteiger partial charge in [-0.25, -0.2) is 0 Å². The minimum atomic E-state index is 0.804. The fraction of sp³-hybridized carbons (Fsp3) is 0. The third kappa shape index (κ3) is 0.910. The van der Waals surface area contributed by atoms with Crippen LogP contribution in [0.15, 0.2) is 12.4 Å². The second-order valence-corrected chi connectivity index (χ2v) is 2.70. The van der Waals surface area contributed by atoms with Crippen LogP contribution in [-0.4, -0.2) is 17.5 Å². The van der Waals surface area contributed by atoms with E-state index in [4.69, 9.17) is 0 Å². The standard InChI is InChI=1S/C4H2N4S2/c1-3(7-9-5-1)4-2-6-10-8-4/h1-2H. The van der Waals surface area contributed by atoms with Crippen LogP contribution in [0.3, 0.4) is 0 Å². The molecule has 2 rings (SSSR count). The first-order chi connectivity index (χ1) is 4.97. The maximum atomic E-state index is 3.99. The van der Waals surface area contributed by atoms with Crippen molar-refractivity contribution < 1.29 is 0 Å². The molecule has 6 heteroatoms. The molecule has 0 aliphatic heterocycles. The largest absolute Gasteiger partial charge is 0.181 e. The van der Waals surface area contributed by atoms with Crippen molar-refractivity contribution in [3.63, 3.8) is 0 Å². The topological polar surface area (TPSA) is 51.6 Å². The molecule has 2 aromatic heterocycles. The van der Waals surface area contributed by atoms with Gasteiger partial charge < -0.3 is 0 Å². The summed E-state index contributed by atoms with van der Waals surface area (Å²) < 4.78 is 15.7. The summed E-state index contributed by atoms with van der Waals surface area (Å²) in [5, 5.41) is 0. The van der Waals surface area contributed by atoms with Crippen molar-refractivity contribution in [2.75, 3.05) is 0 Å². The lowest BCUT2D eigenvalue weighted by Gasteiger charge is -1.78. The molecule has 2 aromatic rings. The quantitative estimate of drug-likeness (QED) is 0.642. The van der Waals surface area contributed by atoms with Gasteiger partial charge in [-0.3, -0.25) is 0 Å². The summed E-state index contributed by atoms with van der Waals surface area (Å²) >= 11 is 2.35. The maximum Gasteiger partial charge on any atom is 0.125 e. The maximum absolute atomic E-state index is 3.99. The second kappa shape index (κ2) is 2.39. The third-order valence-electron chi connectivity index (χ3n) is 0.985. The SMILES string of the molecule is c1nsnc1-c1cnsn1. The molecule has 2 heterocycles. The van der Waals surface area contributed by atoms with E-state index in [2.05, 4.69) is 17.5 Å². The Balaban J connectivity index is 2.48. The van der Waals surface area contributed by atoms with Crippen molar-refractivity contribution in [2.45, 2.75) is 0 Å². The highest BCUT2D eigenvalue weighted by Crippen LogP contribution is 2.12. The summed E-state index contributed by atoms with van der Waals surface area (Å²) in [7, 11) is 0. The minimum absolute atomic E-state index is 0.804. The van der Waals surface area contributed by atoms with E-state index in [-0.39, 0.29) is 0 Å². The lowest BCUT2D eigenvalue weighted by Crippen LogP contribution is -1.72. The van der Waals surface area contributed by atoms with Gasteiger partial charge in [-0.2, -0.15) is 17.5 Å². The fourth-order valence-electron chi connectivity index (χ4n) is 0.555. The Morgan fingerprint density at radius 1 is 0.900 bits per heavy atom. The van der Waals surface area contributed by atoms with Crippen molar-refractivity contribution in [1.29, 1.82) is 0 Å². The van der Waals surface area contributed by atoms with Gasteiger partial charge in [0.2, 0.25) is 0 Å². The van der Waals surface area contributed by atoms with Crippen LogP contribution in [0.4, 0.5) is 0 Å². The predicted molar refractivity (Wildman–Crippen MR) is 38.8 cm³/mol. The smallest absolute Gasteiger partial charge is 0.125 e. The normalized spacial score (nSPS) is 10.0. The van der Waals surface area contributed by atoms with Gasteiger partial charge >= 0.3 is 0 Å². The van der Waals surface area contributed by atoms with Crippen LogP contribution in [0.2, 0.25) is 0 Å². The summed E-state index contributed by atoms with van der Waals surface area (Å²) in [5.74, 6) is 0. The zero-order valence-electron chi connectivity index (χ0n) is 4.76. The molecular formula is C4H2N4S2. The first-order valence-electron chi connectivity index (χ1n) is 2.52. The van der Waals surface area contributed by atoms with E-state index in [1.165, 1.54) is 23.5 Å². The molecule has 4 nitrogen and oxygen atoms in total. The number of aromatic nitrogens is 4. The van der Waals surface area contributed by atoms with E-state index in [0.717, 1.165) is 11.4 Å². The highest BCUT2D eigenvalue weighted by Gasteiger charge is 2.01. The Hall–Kier alpha value is -0.880. The van der Waals surface area contributed by atoms with E-state index < -0.39 is 0 Å². The van der Waals surface area contributed by atoms with Crippen LogP contribution in [0.5, 0.6) is 0 Å². The number of hydrogen-bond donors (Lipinski definition) is 0. The van der Waals surface area contributed by atoms with Crippen LogP contribution in [0.25, 0.3) is 11.4 Å². The van der Waals surface area contributed by atoms with E-state index in [0.29, 0.717) is 0 Å². The minimum Gasteiger partial charge on any atom is -0.181 e. The lowest BCUT2D eigenvalue weighted by atomic mass is 10.4. The molecule has 10 heavy (non-hydrogen) atoms. The van der Waals surface area contributed by atoms with Gasteiger partial charge in [-0.1, -0.05) is 0 Å². The summed E-state index contributed by atoms with van der Waals surface area (Å²) in [4.78, 5) is 0. The summed E-state index contributed by atoms with van der Waals surface area (Å²) in [5.41, 5.74) is 1.61. The van der Waals surface area contributed by atoms with Crippen molar-refractivity contribution in [3.8, 4) is 11.4 Å². The van der Waals surface area contributed by atoms with E-state index >= 15 is 0 Å². The molecule has 0 atom stereocenters. The second-order valence-electron chi connectivity index (χ2n) is 1.59. The van der Waals surface area contributed by atoms with Gasteiger partial charge in [0.25, 0.3) is 0 Å². The van der Waals surface area contributed by atoms with Gasteiger partial charge in [0.15, 0.2) is 0 Å². The molecule has 50 valence electrons. The summed E-state index contributed by atoms with van der Waals surface area (Å²) in [6, 6.07) is 0. The number of hydrogen-bond acceptors (Lipinski definition) is 6. The molecule has 0 N–H and O–H groups in total. The average Bonchev–Trinajstić information content (AvgIpc) is 2.59. The van der Waals surface area contributed by atoms with Crippen molar-refractivity contribution in [3.05, 3.63) is 12.4 Å². The monoisotopic (exact) mass is 170 g/mol. The predicted octanol–water partition coefficient (Wildman–Crippen LogP) is 1.06. The van der Waals surface area contributed by atoms with Crippen LogP contribution in [0, 0.1) is 0 Å². The van der Waals surface area contributed by atoms with E-state index in [1.807, 2.05) is 0 Å². The Morgan fingerprint density at radius 3 is 1.70 bits per heavy atom. The Labute approximate surface area is 65.2 Å². The molecule has 0 aromatic carbocycles. The van der Waals surface area contributed by atoms with Crippen molar-refractivity contribution in [2.24, 2.45) is 0 Å². The zero-order chi connectivity index (χ0) is 6.81. The highest BCUT2D eigenvalue weighted by atomic mass is 32.1. The van der Waals surface area contributed by atoms with Gasteiger partial charge in [-0.15, -0.1) is 0 Å². The van der Waals surface area contributed by atoms with Gasteiger partial charge in [0.05, 0.1) is 35.9 Å². The summed E-state index contributed by atoms with van der Waals surface area (Å²) in [6.07, 6.45) is 3.36. The molecule has 0 radical (unpaired) electrons. The highest BCUT2D eigenvalue weighted by molar-refractivity contribution is 6.99. The molecule has 0 unspecified atom stereocenters. The Morgan fingerprint density at radius 2 is 1.40 bits per heavy atom. The van der Waals surface area contributed by atoms with Gasteiger partial charge in [-0.05, 0) is 0 Å². The number of rotatable bonds is 1. The molecule has 0 bridgehead atoms. The summed E-state index contributed by atoms with van der Waals surface area (Å²) in [6.45, 7) is 0. The molecular weight excluding hydrogens is 168 g/mol. The number of nitrogens with zero attached hydrogens (tertiary/aromatic N) is 4. The molecule has 0 aliphatic carbocycles. The Bertz CT molecular complexity index is 255. The molecule has 0 aliphatic rings. The van der Waals surface area contributed by atoms with E-state index in [9.17, 15) is 0 Å². The van der Waals surface area contributed by atoms with Crippen LogP contribution < -0.4 is 0 Å². The molecule has 0 amide bonds. The van der Waals surface area contributed by atoms with Crippen LogP contribution in [-0.2, 0) is 0 Å². The molecule has 0 fully saturated rings. The van der Waals surface area contributed by atoms with Crippen LogP contribution in [0.1, 0.15) is 0 Å². The lowest BCUT2D eigenvalue weighted by molar-refractivity contribution is 1.42. The van der Waals surface area contributed by atoms with E-state index in [1.54, 1.807) is 12.4 Å². The molecule has 0 saturated heterocycles. The molecule has 0 spiro atoms.